The maximum Gasteiger partial charge on any atom is 0.313 e. The van der Waals surface area contributed by atoms with Gasteiger partial charge in [0.1, 0.15) is 12.5 Å². The standard InChI is InChI=1S/C33H28N2O5/c36-29(40-20-28-24-12-3-1-10-22(24)23-11-2-4-13-25(23)28)16-8-18-35-31(21-9-7-17-34-19-21)30(33(38)39)26-14-5-6-15-27(26)32(35)37/h1-7,9-15,17,19,28,30-31H,8,16,18,20H2,(H,38,39)/t30-,31+/m1/s1. The Morgan fingerprint density at radius 3 is 2.08 bits per heavy atom. The van der Waals surface area contributed by atoms with E-state index in [9.17, 15) is 19.5 Å². The Morgan fingerprint density at radius 2 is 1.45 bits per heavy atom. The average molecular weight is 533 g/mol. The monoisotopic (exact) mass is 532 g/mol. The lowest BCUT2D eigenvalue weighted by Gasteiger charge is -2.40. The summed E-state index contributed by atoms with van der Waals surface area (Å²) < 4.78 is 5.74. The number of aromatic nitrogens is 1. The molecule has 0 fully saturated rings. The van der Waals surface area contributed by atoms with Crippen LogP contribution in [0.5, 0.6) is 0 Å². The van der Waals surface area contributed by atoms with Crippen LogP contribution in [0.15, 0.2) is 97.3 Å². The van der Waals surface area contributed by atoms with E-state index >= 15 is 0 Å². The number of fused-ring (bicyclic) bond motifs is 4. The molecule has 1 N–H and O–H groups in total. The number of carboxylic acids is 1. The SMILES string of the molecule is O=C(CCCN1C(=O)c2ccccc2[C@@H](C(=O)O)[C@@H]1c1cccnc1)OCC1c2ccccc2-c2ccccc21. The van der Waals surface area contributed by atoms with Gasteiger partial charge in [-0.3, -0.25) is 19.4 Å². The van der Waals surface area contributed by atoms with Crippen LogP contribution in [0.3, 0.4) is 0 Å². The third-order valence-electron chi connectivity index (χ3n) is 7.88. The van der Waals surface area contributed by atoms with Gasteiger partial charge in [0.25, 0.3) is 5.91 Å². The number of nitrogens with zero attached hydrogens (tertiary/aromatic N) is 2. The highest BCUT2D eigenvalue weighted by atomic mass is 16.5. The summed E-state index contributed by atoms with van der Waals surface area (Å²) >= 11 is 0. The zero-order valence-electron chi connectivity index (χ0n) is 21.8. The molecule has 40 heavy (non-hydrogen) atoms. The maximum atomic E-state index is 13.6. The summed E-state index contributed by atoms with van der Waals surface area (Å²) in [5.41, 5.74) is 6.12. The summed E-state index contributed by atoms with van der Waals surface area (Å²) in [7, 11) is 0. The van der Waals surface area contributed by atoms with Crippen molar-refractivity contribution >= 4 is 17.8 Å². The van der Waals surface area contributed by atoms with Gasteiger partial charge >= 0.3 is 11.9 Å². The number of pyridine rings is 1. The first-order valence-corrected chi connectivity index (χ1v) is 13.4. The van der Waals surface area contributed by atoms with Crippen LogP contribution in [0.4, 0.5) is 0 Å². The molecule has 0 saturated heterocycles. The zero-order valence-corrected chi connectivity index (χ0v) is 21.8. The number of carboxylic acid groups (broad SMARTS) is 1. The van der Waals surface area contributed by atoms with Gasteiger partial charge in [-0.25, -0.2) is 0 Å². The van der Waals surface area contributed by atoms with Gasteiger partial charge in [-0.15, -0.1) is 0 Å². The first-order chi connectivity index (χ1) is 19.5. The van der Waals surface area contributed by atoms with Gasteiger partial charge < -0.3 is 14.7 Å². The quantitative estimate of drug-likeness (QED) is 0.298. The van der Waals surface area contributed by atoms with Crippen molar-refractivity contribution < 1.29 is 24.2 Å². The van der Waals surface area contributed by atoms with Gasteiger partial charge in [-0.05, 0) is 51.9 Å². The molecule has 1 amide bonds. The molecule has 200 valence electrons. The predicted molar refractivity (Wildman–Crippen MR) is 149 cm³/mol. The summed E-state index contributed by atoms with van der Waals surface area (Å²) in [4.78, 5) is 44.6. The fraction of sp³-hybridized carbons (Fsp3) is 0.212. The van der Waals surface area contributed by atoms with Gasteiger partial charge in [0, 0.05) is 36.8 Å². The van der Waals surface area contributed by atoms with Crippen LogP contribution in [0, 0.1) is 0 Å². The minimum absolute atomic E-state index is 0.0252. The fourth-order valence-electron chi connectivity index (χ4n) is 6.11. The Hall–Kier alpha value is -4.78. The smallest absolute Gasteiger partial charge is 0.313 e. The summed E-state index contributed by atoms with van der Waals surface area (Å²) in [6.45, 7) is 0.447. The van der Waals surface area contributed by atoms with E-state index in [0.717, 1.165) is 22.3 Å². The van der Waals surface area contributed by atoms with Crippen LogP contribution in [0.1, 0.15) is 63.3 Å². The molecule has 6 rings (SSSR count). The molecule has 0 spiro atoms. The van der Waals surface area contributed by atoms with E-state index < -0.39 is 17.9 Å². The van der Waals surface area contributed by atoms with Crippen molar-refractivity contribution in [1.29, 1.82) is 0 Å². The van der Waals surface area contributed by atoms with E-state index in [1.54, 1.807) is 53.7 Å². The van der Waals surface area contributed by atoms with E-state index in [4.69, 9.17) is 4.74 Å². The maximum absolute atomic E-state index is 13.6. The molecule has 2 aliphatic rings. The number of carbonyl (C=O) groups is 3. The summed E-state index contributed by atoms with van der Waals surface area (Å²) in [5.74, 6) is -2.60. The van der Waals surface area contributed by atoms with E-state index in [1.807, 2.05) is 24.3 Å². The molecule has 7 heteroatoms. The first-order valence-electron chi connectivity index (χ1n) is 13.4. The van der Waals surface area contributed by atoms with Crippen molar-refractivity contribution in [3.63, 3.8) is 0 Å². The van der Waals surface area contributed by atoms with Crippen molar-refractivity contribution in [3.05, 3.63) is 125 Å². The number of carbonyl (C=O) groups excluding carboxylic acids is 2. The lowest BCUT2D eigenvalue weighted by atomic mass is 9.80. The number of esters is 1. The van der Waals surface area contributed by atoms with Crippen molar-refractivity contribution in [3.8, 4) is 11.1 Å². The lowest BCUT2D eigenvalue weighted by molar-refractivity contribution is -0.144. The second-order valence-electron chi connectivity index (χ2n) is 10.1. The molecule has 4 aromatic rings. The van der Waals surface area contributed by atoms with Crippen LogP contribution >= 0.6 is 0 Å². The third kappa shape index (κ3) is 4.53. The summed E-state index contributed by atoms with van der Waals surface area (Å²) in [6.07, 6.45) is 3.66. The van der Waals surface area contributed by atoms with Crippen LogP contribution < -0.4 is 0 Å². The van der Waals surface area contributed by atoms with Crippen LogP contribution in [-0.2, 0) is 14.3 Å². The second kappa shape index (κ2) is 10.8. The Bertz CT molecular complexity index is 1540. The molecule has 0 radical (unpaired) electrons. The second-order valence-corrected chi connectivity index (χ2v) is 10.1. The highest BCUT2D eigenvalue weighted by molar-refractivity contribution is 6.00. The normalized spacial score (nSPS) is 17.6. The van der Waals surface area contributed by atoms with Gasteiger partial charge in [-0.1, -0.05) is 72.8 Å². The molecular formula is C33H28N2O5. The number of aliphatic carboxylic acids is 1. The van der Waals surface area contributed by atoms with Crippen molar-refractivity contribution in [2.24, 2.45) is 0 Å². The molecule has 0 unspecified atom stereocenters. The first kappa shape index (κ1) is 25.5. The Kier molecular flexibility index (Phi) is 6.86. The number of benzene rings is 3. The predicted octanol–water partition coefficient (Wildman–Crippen LogP) is 5.58. The molecule has 1 aliphatic carbocycles. The molecule has 0 bridgehead atoms. The average Bonchev–Trinajstić information content (AvgIpc) is 3.31. The van der Waals surface area contributed by atoms with Gasteiger partial charge in [0.05, 0.1) is 6.04 Å². The van der Waals surface area contributed by atoms with Gasteiger partial charge in [0.2, 0.25) is 0 Å². The number of ether oxygens (including phenoxy) is 1. The molecule has 7 nitrogen and oxygen atoms in total. The minimum Gasteiger partial charge on any atom is -0.481 e. The molecule has 0 saturated carbocycles. The number of rotatable bonds is 8. The molecule has 2 atom stereocenters. The molecule has 1 aromatic heterocycles. The Morgan fingerprint density at radius 1 is 0.825 bits per heavy atom. The highest BCUT2D eigenvalue weighted by Gasteiger charge is 2.44. The number of amides is 1. The lowest BCUT2D eigenvalue weighted by Crippen LogP contribution is -2.45. The fourth-order valence-corrected chi connectivity index (χ4v) is 6.11. The van der Waals surface area contributed by atoms with Crippen LogP contribution in [-0.4, -0.2) is 46.0 Å². The number of hydrogen-bond donors (Lipinski definition) is 1. The topological polar surface area (TPSA) is 96.8 Å². The Balaban J connectivity index is 1.16. The van der Waals surface area contributed by atoms with E-state index in [-0.39, 0.29) is 37.4 Å². The largest absolute Gasteiger partial charge is 0.481 e. The Labute approximate surface area is 232 Å². The summed E-state index contributed by atoms with van der Waals surface area (Å²) in [5, 5.41) is 10.2. The van der Waals surface area contributed by atoms with E-state index in [0.29, 0.717) is 23.1 Å². The van der Waals surface area contributed by atoms with Crippen molar-refractivity contribution in [2.75, 3.05) is 13.2 Å². The van der Waals surface area contributed by atoms with Gasteiger partial charge in [0.15, 0.2) is 0 Å². The van der Waals surface area contributed by atoms with Crippen LogP contribution in [0.25, 0.3) is 11.1 Å². The molecule has 3 aromatic carbocycles. The zero-order chi connectivity index (χ0) is 27.6. The van der Waals surface area contributed by atoms with E-state index in [2.05, 4.69) is 29.2 Å². The van der Waals surface area contributed by atoms with Crippen LogP contribution in [0.2, 0.25) is 0 Å². The minimum atomic E-state index is -1.02. The van der Waals surface area contributed by atoms with E-state index in [1.165, 1.54) is 0 Å². The number of hydrogen-bond acceptors (Lipinski definition) is 5. The molecule has 1 aliphatic heterocycles. The molecule has 2 heterocycles. The summed E-state index contributed by atoms with van der Waals surface area (Å²) in [6, 6.07) is 26.0. The third-order valence-corrected chi connectivity index (χ3v) is 7.88. The van der Waals surface area contributed by atoms with Gasteiger partial charge in [-0.2, -0.15) is 0 Å². The van der Waals surface area contributed by atoms with Crippen molar-refractivity contribution in [2.45, 2.75) is 30.7 Å². The highest BCUT2D eigenvalue weighted by Crippen LogP contribution is 2.45. The van der Waals surface area contributed by atoms with Crippen molar-refractivity contribution in [1.82, 2.24) is 9.88 Å². The molecular weight excluding hydrogens is 504 g/mol.